The Morgan fingerprint density at radius 2 is 0.682 bits per heavy atom. The number of ether oxygens (including phenoxy) is 6. The maximum absolute atomic E-state index is 14.8. The number of piperidine rings is 2. The summed E-state index contributed by atoms with van der Waals surface area (Å²) in [7, 11) is 0. The lowest BCUT2D eigenvalue weighted by Crippen LogP contribution is -2.68. The van der Waals surface area contributed by atoms with E-state index in [1.165, 1.54) is 0 Å². The first-order valence-corrected chi connectivity index (χ1v) is 29.1. The van der Waals surface area contributed by atoms with Crippen LogP contribution in [0.1, 0.15) is 60.1 Å². The number of likely N-dealkylation sites (tertiary alicyclic amines) is 2. The predicted octanol–water partition coefficient (Wildman–Crippen LogP) is 9.52. The Labute approximate surface area is 500 Å². The topological polar surface area (TPSA) is 217 Å². The Hall–Kier alpha value is -8.14. The fraction of sp³-hybridized carbons (Fsp3) is 0.338. The summed E-state index contributed by atoms with van der Waals surface area (Å²) >= 11 is 6.42. The zero-order chi connectivity index (χ0) is 59.2. The quantitative estimate of drug-likeness (QED) is 0.0360. The van der Waals surface area contributed by atoms with E-state index in [2.05, 4.69) is 36.2 Å². The number of hydrogen-bond acceptors (Lipinski definition) is 13. The number of aromatic nitrogens is 3. The Kier molecular flexibility index (Phi) is 22.9. The predicted molar refractivity (Wildman–Crippen MR) is 321 cm³/mol. The van der Waals surface area contributed by atoms with E-state index >= 15 is 0 Å². The Morgan fingerprint density at radius 3 is 0.965 bits per heavy atom. The number of nitrogens with one attached hydrogen (secondary N) is 4. The highest BCUT2D eigenvalue weighted by Gasteiger charge is 2.52. The van der Waals surface area contributed by atoms with Crippen LogP contribution in [0.15, 0.2) is 182 Å². The van der Waals surface area contributed by atoms with Crippen LogP contribution in [0.3, 0.4) is 0 Å². The van der Waals surface area contributed by atoms with Gasteiger partial charge >= 0.3 is 12.1 Å². The molecule has 2 aliphatic heterocycles. The molecule has 9 rings (SSSR count). The molecule has 444 valence electrons. The van der Waals surface area contributed by atoms with E-state index in [9.17, 15) is 19.2 Å². The first-order valence-electron chi connectivity index (χ1n) is 28.7. The van der Waals surface area contributed by atoms with Crippen LogP contribution in [0, 0.1) is 0 Å². The monoisotopic (exact) mass is 1170 g/mol. The third-order valence-corrected chi connectivity index (χ3v) is 14.6. The van der Waals surface area contributed by atoms with Crippen LogP contribution in [0.4, 0.5) is 21.5 Å². The molecule has 85 heavy (non-hydrogen) atoms. The van der Waals surface area contributed by atoms with E-state index in [1.807, 2.05) is 196 Å². The van der Waals surface area contributed by atoms with Gasteiger partial charge < -0.3 is 48.9 Å². The first-order chi connectivity index (χ1) is 41.6. The number of halogens is 1. The van der Waals surface area contributed by atoms with Crippen molar-refractivity contribution in [3.63, 3.8) is 0 Å². The van der Waals surface area contributed by atoms with E-state index in [4.69, 9.17) is 40.0 Å². The third-order valence-electron chi connectivity index (χ3n) is 14.5. The molecule has 4 N–H and O–H groups in total. The Bertz CT molecular complexity index is 2980. The van der Waals surface area contributed by atoms with Crippen molar-refractivity contribution in [1.82, 2.24) is 35.4 Å². The fourth-order valence-corrected chi connectivity index (χ4v) is 10.6. The zero-order valence-corrected chi connectivity index (χ0v) is 48.4. The highest BCUT2D eigenvalue weighted by molar-refractivity contribution is 6.28. The van der Waals surface area contributed by atoms with Gasteiger partial charge in [-0.3, -0.25) is 20.2 Å². The lowest BCUT2D eigenvalue weighted by Gasteiger charge is -2.48. The van der Waals surface area contributed by atoms with Crippen molar-refractivity contribution in [3.05, 3.63) is 221 Å². The van der Waals surface area contributed by atoms with Gasteiger partial charge in [-0.05, 0) is 57.8 Å². The van der Waals surface area contributed by atoms with Gasteiger partial charge in [0.1, 0.15) is 24.4 Å². The maximum Gasteiger partial charge on any atom is 0.321 e. The second-order valence-corrected chi connectivity index (χ2v) is 20.9. The van der Waals surface area contributed by atoms with Crippen LogP contribution in [0.25, 0.3) is 0 Å². The third kappa shape index (κ3) is 17.5. The molecule has 2 aliphatic rings. The van der Waals surface area contributed by atoms with Gasteiger partial charge in [0.25, 0.3) is 11.8 Å². The van der Waals surface area contributed by atoms with Crippen LogP contribution in [-0.4, -0.2) is 124 Å². The molecule has 6 aromatic carbocycles. The van der Waals surface area contributed by atoms with Crippen molar-refractivity contribution in [2.75, 3.05) is 36.8 Å². The molecule has 2 fully saturated rings. The van der Waals surface area contributed by atoms with Gasteiger partial charge in [-0.25, -0.2) is 9.59 Å². The normalized spacial score (nSPS) is 20.4. The standard InChI is InChI=1S/C65H72ClN9O10/c1-3-35-74-51(53(80-39-45-23-11-5-12-24-45)55(82-41-47-27-15-7-16-28-47)57(59(74)76)84-43-49-31-19-9-20-32-49)37-67-64(78)72-62-69-61(66)70-63(71-62)73-65(79)68-38-52-54(81-40-46-25-13-6-14-26-46)56(83-42-48-29-17-8-18-30-48)58(60(77)75(52)36-4-2)85-44-50-33-21-10-22-34-50/h5-34,51-58H,3-4,35-44H2,1-2H3,(H4,67,68,69,70,71,72,73,78,79)/t51-,52-,53-,54-,55+,56+,57-,58-/m1/s1. The second kappa shape index (κ2) is 31.7. The molecule has 3 heterocycles. The molecule has 0 bridgehead atoms. The summed E-state index contributed by atoms with van der Waals surface area (Å²) in [6.07, 6.45) is -4.33. The summed E-state index contributed by atoms with van der Waals surface area (Å²) in [6.45, 7) is 5.38. The van der Waals surface area contributed by atoms with E-state index in [0.29, 0.717) is 25.9 Å². The number of nitrogens with zero attached hydrogens (tertiary/aromatic N) is 5. The van der Waals surface area contributed by atoms with E-state index in [1.54, 1.807) is 9.80 Å². The molecule has 2 saturated heterocycles. The largest absolute Gasteiger partial charge is 0.368 e. The molecule has 0 spiro atoms. The molecule has 0 radical (unpaired) electrons. The average Bonchev–Trinajstić information content (AvgIpc) is 3.60. The summed E-state index contributed by atoms with van der Waals surface area (Å²) in [5.41, 5.74) is 5.34. The van der Waals surface area contributed by atoms with Crippen LogP contribution >= 0.6 is 11.6 Å². The zero-order valence-electron chi connectivity index (χ0n) is 47.6. The van der Waals surface area contributed by atoms with Crippen molar-refractivity contribution >= 4 is 47.4 Å². The molecule has 7 aromatic rings. The lowest BCUT2D eigenvalue weighted by molar-refractivity contribution is -0.208. The summed E-state index contributed by atoms with van der Waals surface area (Å²) in [5, 5.41) is 10.7. The molecule has 8 atom stereocenters. The number of rotatable bonds is 28. The molecular weight excluding hydrogens is 1100 g/mol. The Morgan fingerprint density at radius 1 is 0.412 bits per heavy atom. The molecule has 0 unspecified atom stereocenters. The van der Waals surface area contributed by atoms with Crippen LogP contribution in [0.2, 0.25) is 5.28 Å². The highest BCUT2D eigenvalue weighted by atomic mass is 35.5. The Balaban J connectivity index is 0.909. The van der Waals surface area contributed by atoms with Gasteiger partial charge in [0.15, 0.2) is 12.2 Å². The minimum absolute atomic E-state index is 0.0905. The molecule has 0 aliphatic carbocycles. The van der Waals surface area contributed by atoms with E-state index in [0.717, 1.165) is 33.4 Å². The van der Waals surface area contributed by atoms with Gasteiger partial charge in [0, 0.05) is 26.2 Å². The van der Waals surface area contributed by atoms with Crippen molar-refractivity contribution in [2.24, 2.45) is 0 Å². The minimum atomic E-state index is -1.06. The smallest absolute Gasteiger partial charge is 0.321 e. The SMILES string of the molecule is CCCN1C(=O)[C@H](OCc2ccccc2)[C@@H](OCc2ccccc2)[C@H](OCc2ccccc2)[C@H]1CNC(=O)Nc1nc(Cl)nc(NC(=O)NC[C@@H]2[C@@H](OCc3ccccc3)[C@H](OCc3ccccc3)[C@@H](OCc3ccccc3)C(=O)N2CCC)n1. The van der Waals surface area contributed by atoms with Crippen molar-refractivity contribution in [3.8, 4) is 0 Å². The van der Waals surface area contributed by atoms with Crippen LogP contribution in [0.5, 0.6) is 0 Å². The van der Waals surface area contributed by atoms with Gasteiger partial charge in [-0.1, -0.05) is 196 Å². The minimum Gasteiger partial charge on any atom is -0.368 e. The van der Waals surface area contributed by atoms with Gasteiger partial charge in [-0.15, -0.1) is 0 Å². The number of carbonyl (C=O) groups is 4. The maximum atomic E-state index is 14.8. The second-order valence-electron chi connectivity index (χ2n) is 20.6. The van der Waals surface area contributed by atoms with E-state index < -0.39 is 60.8 Å². The van der Waals surface area contributed by atoms with Gasteiger partial charge in [-0.2, -0.15) is 15.0 Å². The lowest BCUT2D eigenvalue weighted by atomic mass is 9.91. The molecule has 1 aromatic heterocycles. The molecule has 6 amide bonds. The van der Waals surface area contributed by atoms with Crippen LogP contribution < -0.4 is 21.3 Å². The summed E-state index contributed by atoms with van der Waals surface area (Å²) in [4.78, 5) is 73.4. The number of anilines is 2. The highest BCUT2D eigenvalue weighted by Crippen LogP contribution is 2.32. The van der Waals surface area contributed by atoms with Crippen molar-refractivity contribution in [2.45, 2.75) is 115 Å². The fourth-order valence-electron chi connectivity index (χ4n) is 10.4. The number of benzene rings is 6. The number of carbonyl (C=O) groups excluding carboxylic acids is 4. The van der Waals surface area contributed by atoms with E-state index in [-0.39, 0.29) is 81.7 Å². The van der Waals surface area contributed by atoms with Crippen molar-refractivity contribution in [1.29, 1.82) is 0 Å². The first kappa shape index (κ1) is 61.4. The van der Waals surface area contributed by atoms with Crippen molar-refractivity contribution < 1.29 is 47.6 Å². The average molecular weight is 1170 g/mol. The molecule has 20 heteroatoms. The molecule has 0 saturated carbocycles. The summed E-state index contributed by atoms with van der Waals surface area (Å²) < 4.78 is 39.9. The number of amides is 6. The number of hydrogen-bond donors (Lipinski definition) is 4. The molecular formula is C65H72ClN9O10. The van der Waals surface area contributed by atoms with Gasteiger partial charge in [0.05, 0.1) is 51.7 Å². The van der Waals surface area contributed by atoms with Crippen LogP contribution in [-0.2, 0) is 77.7 Å². The summed E-state index contributed by atoms with van der Waals surface area (Å²) in [5.74, 6) is -1.18. The van der Waals surface area contributed by atoms with Gasteiger partial charge in [0.2, 0.25) is 17.2 Å². The number of urea groups is 2. The molecule has 19 nitrogen and oxygen atoms in total. The summed E-state index contributed by atoms with van der Waals surface area (Å²) in [6, 6.07) is 54.8.